The zero-order chi connectivity index (χ0) is 17.3. The molecule has 0 saturated carbocycles. The summed E-state index contributed by atoms with van der Waals surface area (Å²) in [6.45, 7) is 1.60. The Balaban J connectivity index is 2.06. The van der Waals surface area contributed by atoms with Crippen molar-refractivity contribution in [2.75, 3.05) is 19.5 Å². The van der Waals surface area contributed by atoms with E-state index in [1.807, 2.05) is 0 Å². The molecule has 0 fully saturated rings. The van der Waals surface area contributed by atoms with Crippen molar-refractivity contribution in [3.63, 3.8) is 0 Å². The first kappa shape index (κ1) is 15.6. The monoisotopic (exact) mass is 329 g/mol. The highest BCUT2D eigenvalue weighted by Crippen LogP contribution is 2.30. The summed E-state index contributed by atoms with van der Waals surface area (Å²) >= 11 is 0. The quantitative estimate of drug-likeness (QED) is 0.759. The van der Waals surface area contributed by atoms with Crippen molar-refractivity contribution in [2.45, 2.75) is 6.92 Å². The second kappa shape index (κ2) is 6.07. The van der Waals surface area contributed by atoms with Crippen molar-refractivity contribution in [2.24, 2.45) is 0 Å². The number of aromatic nitrogens is 2. The molecule has 8 heteroatoms. The van der Waals surface area contributed by atoms with E-state index in [1.165, 1.54) is 20.5 Å². The fourth-order valence-electron chi connectivity index (χ4n) is 2.42. The van der Waals surface area contributed by atoms with E-state index in [4.69, 9.17) is 13.9 Å². The van der Waals surface area contributed by atoms with E-state index in [1.54, 1.807) is 25.1 Å². The number of rotatable bonds is 4. The number of nitrogens with zero attached hydrogens (tertiary/aromatic N) is 1. The van der Waals surface area contributed by atoms with Gasteiger partial charge in [0.25, 0.3) is 11.5 Å². The third-order valence-corrected chi connectivity index (χ3v) is 3.55. The van der Waals surface area contributed by atoms with Crippen LogP contribution in [-0.2, 0) is 0 Å². The highest BCUT2D eigenvalue weighted by atomic mass is 16.5. The lowest BCUT2D eigenvalue weighted by Gasteiger charge is -2.11. The number of benzene rings is 1. The van der Waals surface area contributed by atoms with Crippen LogP contribution in [0.25, 0.3) is 11.1 Å². The zero-order valence-electron chi connectivity index (χ0n) is 13.3. The van der Waals surface area contributed by atoms with E-state index >= 15 is 0 Å². The van der Waals surface area contributed by atoms with Crippen molar-refractivity contribution in [3.05, 3.63) is 46.2 Å². The fourth-order valence-corrected chi connectivity index (χ4v) is 2.42. The topological polar surface area (TPSA) is 106 Å². The standard InChI is InChI=1S/C16H15N3O5/c1-8-12(13-14(20)17-7-18-16(13)24-8)15(21)19-10-6-9(22-2)4-5-11(10)23-3/h4-7H,1-3H3,(H,19,21)(H,17,18,20). The molecular weight excluding hydrogens is 314 g/mol. The molecule has 0 saturated heterocycles. The SMILES string of the molecule is COc1ccc(OC)c(NC(=O)c2c(C)oc3nc[nH]c(=O)c23)c1. The van der Waals surface area contributed by atoms with Gasteiger partial charge >= 0.3 is 0 Å². The van der Waals surface area contributed by atoms with E-state index in [9.17, 15) is 9.59 Å². The van der Waals surface area contributed by atoms with Crippen LogP contribution in [0, 0.1) is 6.92 Å². The number of carbonyl (C=O) groups is 1. The normalized spacial score (nSPS) is 10.6. The summed E-state index contributed by atoms with van der Waals surface area (Å²) in [5, 5.41) is 2.82. The molecule has 2 aromatic heterocycles. The lowest BCUT2D eigenvalue weighted by Crippen LogP contribution is -2.16. The van der Waals surface area contributed by atoms with Crippen molar-refractivity contribution >= 4 is 22.7 Å². The molecule has 2 N–H and O–H groups in total. The summed E-state index contributed by atoms with van der Waals surface area (Å²) in [5.41, 5.74) is 0.207. The number of furan rings is 1. The third-order valence-electron chi connectivity index (χ3n) is 3.55. The summed E-state index contributed by atoms with van der Waals surface area (Å²) in [5.74, 6) is 0.811. The average molecular weight is 329 g/mol. The van der Waals surface area contributed by atoms with Crippen LogP contribution in [-0.4, -0.2) is 30.1 Å². The number of hydrogen-bond donors (Lipinski definition) is 2. The van der Waals surface area contributed by atoms with Crippen LogP contribution in [0.3, 0.4) is 0 Å². The van der Waals surface area contributed by atoms with E-state index in [0.717, 1.165) is 0 Å². The van der Waals surface area contributed by atoms with Crippen LogP contribution in [0.5, 0.6) is 11.5 Å². The summed E-state index contributed by atoms with van der Waals surface area (Å²) in [4.78, 5) is 31.1. The maximum Gasteiger partial charge on any atom is 0.262 e. The lowest BCUT2D eigenvalue weighted by atomic mass is 10.1. The van der Waals surface area contributed by atoms with E-state index in [-0.39, 0.29) is 16.7 Å². The van der Waals surface area contributed by atoms with Crippen LogP contribution in [0.15, 0.2) is 33.7 Å². The van der Waals surface area contributed by atoms with Gasteiger partial charge < -0.3 is 24.2 Å². The molecule has 0 bridgehead atoms. The van der Waals surface area contributed by atoms with Crippen molar-refractivity contribution in [1.82, 2.24) is 9.97 Å². The number of nitrogens with one attached hydrogen (secondary N) is 2. The Kier molecular flexibility index (Phi) is 3.95. The van der Waals surface area contributed by atoms with Gasteiger partial charge in [0.2, 0.25) is 5.71 Å². The van der Waals surface area contributed by atoms with Gasteiger partial charge in [0.15, 0.2) is 0 Å². The predicted molar refractivity (Wildman–Crippen MR) is 86.9 cm³/mol. The van der Waals surface area contributed by atoms with Gasteiger partial charge in [-0.25, -0.2) is 4.98 Å². The number of amides is 1. The number of ether oxygens (including phenoxy) is 2. The van der Waals surface area contributed by atoms with E-state index in [0.29, 0.717) is 22.9 Å². The third kappa shape index (κ3) is 2.58. The minimum atomic E-state index is -0.503. The largest absolute Gasteiger partial charge is 0.497 e. The number of aryl methyl sites for hydroxylation is 1. The molecular formula is C16H15N3O5. The highest BCUT2D eigenvalue weighted by Gasteiger charge is 2.22. The lowest BCUT2D eigenvalue weighted by molar-refractivity contribution is 0.102. The number of H-pyrrole nitrogens is 1. The molecule has 0 radical (unpaired) electrons. The Labute approximate surface area is 136 Å². The number of methoxy groups -OCH3 is 2. The van der Waals surface area contributed by atoms with Gasteiger partial charge in [-0.05, 0) is 19.1 Å². The zero-order valence-corrected chi connectivity index (χ0v) is 13.3. The number of hydrogen-bond acceptors (Lipinski definition) is 6. The molecule has 3 rings (SSSR count). The van der Waals surface area contributed by atoms with Crippen molar-refractivity contribution in [3.8, 4) is 11.5 Å². The second-order valence-electron chi connectivity index (χ2n) is 4.97. The molecule has 0 atom stereocenters. The number of fused-ring (bicyclic) bond motifs is 1. The molecule has 0 aliphatic heterocycles. The summed E-state index contributed by atoms with van der Waals surface area (Å²) in [6, 6.07) is 5.00. The van der Waals surface area contributed by atoms with Crippen molar-refractivity contribution in [1.29, 1.82) is 0 Å². The van der Waals surface area contributed by atoms with Gasteiger partial charge in [0, 0.05) is 6.07 Å². The molecule has 0 aliphatic rings. The van der Waals surface area contributed by atoms with E-state index < -0.39 is 11.5 Å². The molecule has 124 valence electrons. The number of anilines is 1. The Bertz CT molecular complexity index is 973. The molecule has 0 aliphatic carbocycles. The maximum absolute atomic E-state index is 12.7. The van der Waals surface area contributed by atoms with Gasteiger partial charge in [-0.15, -0.1) is 0 Å². The molecule has 0 spiro atoms. The highest BCUT2D eigenvalue weighted by molar-refractivity contribution is 6.13. The summed E-state index contributed by atoms with van der Waals surface area (Å²) in [6.07, 6.45) is 1.22. The van der Waals surface area contributed by atoms with Crippen LogP contribution in [0.4, 0.5) is 5.69 Å². The Morgan fingerprint density at radius 1 is 1.29 bits per heavy atom. The smallest absolute Gasteiger partial charge is 0.262 e. The van der Waals surface area contributed by atoms with E-state index in [2.05, 4.69) is 15.3 Å². The van der Waals surface area contributed by atoms with Gasteiger partial charge in [-0.2, -0.15) is 0 Å². The molecule has 0 unspecified atom stereocenters. The van der Waals surface area contributed by atoms with Gasteiger partial charge in [0.1, 0.15) is 22.6 Å². The summed E-state index contributed by atoms with van der Waals surface area (Å²) in [7, 11) is 3.01. The molecule has 1 aromatic carbocycles. The number of carbonyl (C=O) groups excluding carboxylic acids is 1. The molecule has 1 amide bonds. The van der Waals surface area contributed by atoms with Gasteiger partial charge in [-0.1, -0.05) is 0 Å². The fraction of sp³-hybridized carbons (Fsp3) is 0.188. The van der Waals surface area contributed by atoms with Crippen LogP contribution in [0.2, 0.25) is 0 Å². The van der Waals surface area contributed by atoms with Crippen LogP contribution < -0.4 is 20.3 Å². The Morgan fingerprint density at radius 3 is 2.79 bits per heavy atom. The Hall–Kier alpha value is -3.29. The molecule has 2 heterocycles. The molecule has 8 nitrogen and oxygen atoms in total. The summed E-state index contributed by atoms with van der Waals surface area (Å²) < 4.78 is 15.8. The second-order valence-corrected chi connectivity index (χ2v) is 4.97. The van der Waals surface area contributed by atoms with Crippen molar-refractivity contribution < 1.29 is 18.7 Å². The number of aromatic amines is 1. The predicted octanol–water partition coefficient (Wildman–Crippen LogP) is 2.09. The average Bonchev–Trinajstić information content (AvgIpc) is 2.92. The Morgan fingerprint density at radius 2 is 2.08 bits per heavy atom. The van der Waals surface area contributed by atoms with Crippen LogP contribution >= 0.6 is 0 Å². The molecule has 3 aromatic rings. The van der Waals surface area contributed by atoms with Crippen LogP contribution in [0.1, 0.15) is 16.1 Å². The van der Waals surface area contributed by atoms with Gasteiger partial charge in [-0.3, -0.25) is 9.59 Å². The van der Waals surface area contributed by atoms with Gasteiger partial charge in [0.05, 0.1) is 31.8 Å². The first-order chi connectivity index (χ1) is 11.5. The minimum Gasteiger partial charge on any atom is -0.497 e. The first-order valence-electron chi connectivity index (χ1n) is 7.05. The minimum absolute atomic E-state index is 0.106. The maximum atomic E-state index is 12.7. The first-order valence-corrected chi connectivity index (χ1v) is 7.05. The molecule has 24 heavy (non-hydrogen) atoms.